The van der Waals surface area contributed by atoms with Gasteiger partial charge in [0, 0.05) is 44.1 Å². The van der Waals surface area contributed by atoms with E-state index in [9.17, 15) is 4.79 Å². The normalized spacial score (nSPS) is 24.6. The van der Waals surface area contributed by atoms with Crippen LogP contribution in [0.5, 0.6) is 0 Å². The smallest absolute Gasteiger partial charge is 0.229 e. The number of piperidine rings is 1. The second-order valence-electron chi connectivity index (χ2n) is 6.75. The molecule has 3 heterocycles. The van der Waals surface area contributed by atoms with Crippen LogP contribution in [-0.4, -0.2) is 47.3 Å². The van der Waals surface area contributed by atoms with E-state index >= 15 is 0 Å². The minimum atomic E-state index is 0.310. The summed E-state index contributed by atoms with van der Waals surface area (Å²) in [6.07, 6.45) is 6.00. The second-order valence-corrected chi connectivity index (χ2v) is 6.75. The lowest BCUT2D eigenvalue weighted by Gasteiger charge is -2.30. The molecule has 1 amide bonds. The number of carbonyl (C=O) groups is 1. The molecule has 0 radical (unpaired) electrons. The average molecular weight is 305 g/mol. The van der Waals surface area contributed by atoms with E-state index in [1.165, 1.54) is 0 Å². The third-order valence-electron chi connectivity index (χ3n) is 5.13. The first-order valence-corrected chi connectivity index (χ1v) is 8.51. The molecule has 0 unspecified atom stereocenters. The van der Waals surface area contributed by atoms with E-state index in [4.69, 9.17) is 9.26 Å². The first-order valence-electron chi connectivity index (χ1n) is 8.51. The Labute approximate surface area is 130 Å². The molecule has 22 heavy (non-hydrogen) atoms. The fourth-order valence-electron chi connectivity index (χ4n) is 3.47. The molecule has 6 heteroatoms. The predicted molar refractivity (Wildman–Crippen MR) is 78.4 cm³/mol. The van der Waals surface area contributed by atoms with Gasteiger partial charge in [0.25, 0.3) is 0 Å². The molecule has 4 rings (SSSR count). The Morgan fingerprint density at radius 1 is 1.00 bits per heavy atom. The third kappa shape index (κ3) is 2.89. The second kappa shape index (κ2) is 5.99. The predicted octanol–water partition coefficient (Wildman–Crippen LogP) is 2.08. The highest BCUT2D eigenvalue weighted by molar-refractivity contribution is 5.81. The average Bonchev–Trinajstić information content (AvgIpc) is 3.32. The molecular weight excluding hydrogens is 282 g/mol. The quantitative estimate of drug-likeness (QED) is 0.855. The molecule has 1 saturated carbocycles. The van der Waals surface area contributed by atoms with Crippen LogP contribution in [0.4, 0.5) is 0 Å². The van der Waals surface area contributed by atoms with Crippen LogP contribution >= 0.6 is 0 Å². The molecule has 3 aliphatic rings. The molecule has 0 N–H and O–H groups in total. The summed E-state index contributed by atoms with van der Waals surface area (Å²) in [5.74, 6) is 2.97. The number of likely N-dealkylation sites (tertiary alicyclic amines) is 1. The van der Waals surface area contributed by atoms with Crippen molar-refractivity contribution in [3.63, 3.8) is 0 Å². The van der Waals surface area contributed by atoms with Crippen molar-refractivity contribution in [3.05, 3.63) is 11.7 Å². The molecule has 3 fully saturated rings. The van der Waals surface area contributed by atoms with Crippen LogP contribution in [0.1, 0.15) is 62.1 Å². The largest absolute Gasteiger partial charge is 0.381 e. The molecule has 1 aromatic heterocycles. The zero-order valence-corrected chi connectivity index (χ0v) is 12.9. The first kappa shape index (κ1) is 14.2. The van der Waals surface area contributed by atoms with Gasteiger partial charge in [0.15, 0.2) is 5.82 Å². The highest BCUT2D eigenvalue weighted by Crippen LogP contribution is 2.34. The summed E-state index contributed by atoms with van der Waals surface area (Å²) in [6, 6.07) is 0. The van der Waals surface area contributed by atoms with Crippen LogP contribution in [0.2, 0.25) is 0 Å². The van der Waals surface area contributed by atoms with Gasteiger partial charge in [-0.15, -0.1) is 0 Å². The summed E-state index contributed by atoms with van der Waals surface area (Å²) in [7, 11) is 0. The number of carbonyl (C=O) groups excluding carboxylic acids is 1. The summed E-state index contributed by atoms with van der Waals surface area (Å²) in [6.45, 7) is 3.23. The van der Waals surface area contributed by atoms with Crippen molar-refractivity contribution in [1.29, 1.82) is 0 Å². The van der Waals surface area contributed by atoms with Crippen molar-refractivity contribution in [2.45, 2.75) is 50.4 Å². The fourth-order valence-corrected chi connectivity index (χ4v) is 3.47. The number of aromatic nitrogens is 2. The molecule has 0 spiro atoms. The minimum absolute atomic E-state index is 0.310. The van der Waals surface area contributed by atoms with E-state index in [0.717, 1.165) is 76.5 Å². The molecule has 2 aliphatic heterocycles. The van der Waals surface area contributed by atoms with Gasteiger partial charge in [-0.25, -0.2) is 0 Å². The number of amides is 1. The fraction of sp³-hybridized carbons (Fsp3) is 0.812. The number of hydrogen-bond donors (Lipinski definition) is 0. The van der Waals surface area contributed by atoms with Crippen molar-refractivity contribution in [3.8, 4) is 0 Å². The third-order valence-corrected chi connectivity index (χ3v) is 5.13. The lowest BCUT2D eigenvalue weighted by Crippen LogP contribution is -2.38. The van der Waals surface area contributed by atoms with E-state index in [1.54, 1.807) is 0 Å². The van der Waals surface area contributed by atoms with Gasteiger partial charge in [0.2, 0.25) is 11.8 Å². The van der Waals surface area contributed by atoms with Crippen LogP contribution < -0.4 is 0 Å². The van der Waals surface area contributed by atoms with Crippen molar-refractivity contribution < 1.29 is 14.1 Å². The van der Waals surface area contributed by atoms with Crippen LogP contribution in [0.3, 0.4) is 0 Å². The van der Waals surface area contributed by atoms with Gasteiger partial charge in [-0.05, 0) is 38.5 Å². The van der Waals surface area contributed by atoms with Gasteiger partial charge in [-0.1, -0.05) is 5.16 Å². The lowest BCUT2D eigenvalue weighted by atomic mass is 9.96. The highest BCUT2D eigenvalue weighted by Gasteiger charge is 2.36. The zero-order chi connectivity index (χ0) is 14.9. The monoisotopic (exact) mass is 305 g/mol. The maximum absolute atomic E-state index is 12.1. The van der Waals surface area contributed by atoms with E-state index in [0.29, 0.717) is 23.7 Å². The van der Waals surface area contributed by atoms with Gasteiger partial charge >= 0.3 is 0 Å². The van der Waals surface area contributed by atoms with Gasteiger partial charge in [0.05, 0.1) is 0 Å². The molecule has 1 aliphatic carbocycles. The first-order chi connectivity index (χ1) is 10.8. The van der Waals surface area contributed by atoms with E-state index in [2.05, 4.69) is 10.1 Å². The highest BCUT2D eigenvalue weighted by atomic mass is 16.5. The van der Waals surface area contributed by atoms with Gasteiger partial charge < -0.3 is 14.2 Å². The number of rotatable bonds is 3. The topological polar surface area (TPSA) is 68.5 Å². The van der Waals surface area contributed by atoms with Crippen LogP contribution in [0, 0.1) is 5.92 Å². The summed E-state index contributed by atoms with van der Waals surface area (Å²) < 4.78 is 10.9. The SMILES string of the molecule is O=C(C1CC1)N1CCC(c2nc(C3CCOCC3)no2)CC1. The summed E-state index contributed by atoms with van der Waals surface area (Å²) >= 11 is 0. The van der Waals surface area contributed by atoms with E-state index < -0.39 is 0 Å². The Morgan fingerprint density at radius 2 is 1.73 bits per heavy atom. The molecule has 2 saturated heterocycles. The summed E-state index contributed by atoms with van der Waals surface area (Å²) in [5.41, 5.74) is 0. The van der Waals surface area contributed by atoms with Gasteiger partial charge in [-0.2, -0.15) is 4.98 Å². The standard InChI is InChI=1S/C16H23N3O3/c20-16(13-1-2-13)19-7-3-12(4-8-19)15-17-14(18-22-15)11-5-9-21-10-6-11/h11-13H,1-10H2. The van der Waals surface area contributed by atoms with Gasteiger partial charge in [-0.3, -0.25) is 4.79 Å². The molecule has 0 bridgehead atoms. The van der Waals surface area contributed by atoms with Crippen molar-refractivity contribution in [2.75, 3.05) is 26.3 Å². The maximum Gasteiger partial charge on any atom is 0.229 e. The Hall–Kier alpha value is -1.43. The molecular formula is C16H23N3O3. The molecule has 0 atom stereocenters. The summed E-state index contributed by atoms with van der Waals surface area (Å²) in [5, 5.41) is 4.19. The van der Waals surface area contributed by atoms with Crippen LogP contribution in [0.15, 0.2) is 4.52 Å². The zero-order valence-electron chi connectivity index (χ0n) is 12.9. The number of ether oxygens (including phenoxy) is 1. The van der Waals surface area contributed by atoms with Gasteiger partial charge in [0.1, 0.15) is 0 Å². The molecule has 120 valence electrons. The Bertz CT molecular complexity index is 526. The van der Waals surface area contributed by atoms with E-state index in [-0.39, 0.29) is 0 Å². The van der Waals surface area contributed by atoms with Crippen molar-refractivity contribution in [2.24, 2.45) is 5.92 Å². The Kier molecular flexibility index (Phi) is 3.86. The van der Waals surface area contributed by atoms with Crippen molar-refractivity contribution >= 4 is 5.91 Å². The molecule has 0 aromatic carbocycles. The van der Waals surface area contributed by atoms with E-state index in [1.807, 2.05) is 4.90 Å². The van der Waals surface area contributed by atoms with Crippen molar-refractivity contribution in [1.82, 2.24) is 15.0 Å². The number of nitrogens with zero attached hydrogens (tertiary/aromatic N) is 3. The molecule has 1 aromatic rings. The molecule has 6 nitrogen and oxygen atoms in total. The minimum Gasteiger partial charge on any atom is -0.381 e. The summed E-state index contributed by atoms with van der Waals surface area (Å²) in [4.78, 5) is 18.7. The maximum atomic E-state index is 12.1. The Balaban J connectivity index is 1.35. The van der Waals surface area contributed by atoms with Crippen LogP contribution in [0.25, 0.3) is 0 Å². The number of hydrogen-bond acceptors (Lipinski definition) is 5. The van der Waals surface area contributed by atoms with Crippen LogP contribution in [-0.2, 0) is 9.53 Å². The lowest BCUT2D eigenvalue weighted by molar-refractivity contribution is -0.133. The Morgan fingerprint density at radius 3 is 2.41 bits per heavy atom.